The molecule has 0 amide bonds. The zero-order valence-electron chi connectivity index (χ0n) is 18.0. The van der Waals surface area contributed by atoms with Crippen LogP contribution in [-0.2, 0) is 0 Å². The standard InChI is InChI=1S/C25H29NO4/c1-15(2)14-30-17-9-10-21-20(13-17)18-7-6-8-19(18)24(26-21)16-11-22(27-3)25(29-5)23(12-16)28-4/h6-7,9-13,18-19,24,26H,1,8,14H2,2-5H3. The van der Waals surface area contributed by atoms with Crippen LogP contribution in [0.1, 0.15) is 36.4 Å². The third-order valence-corrected chi connectivity index (χ3v) is 5.87. The first kappa shape index (κ1) is 20.2. The molecule has 0 spiro atoms. The molecule has 4 rings (SSSR count). The molecule has 2 aromatic carbocycles. The van der Waals surface area contributed by atoms with Gasteiger partial charge in [-0.2, -0.15) is 0 Å². The molecule has 0 saturated carbocycles. The van der Waals surface area contributed by atoms with Gasteiger partial charge in [0.2, 0.25) is 5.75 Å². The van der Waals surface area contributed by atoms with E-state index in [0.717, 1.165) is 29.0 Å². The van der Waals surface area contributed by atoms with Crippen LogP contribution in [-0.4, -0.2) is 27.9 Å². The number of hydrogen-bond donors (Lipinski definition) is 1. The lowest BCUT2D eigenvalue weighted by atomic mass is 9.77. The molecule has 5 heteroatoms. The van der Waals surface area contributed by atoms with Crippen LogP contribution < -0.4 is 24.3 Å². The van der Waals surface area contributed by atoms with Gasteiger partial charge in [0.15, 0.2) is 11.5 Å². The van der Waals surface area contributed by atoms with E-state index in [9.17, 15) is 0 Å². The Morgan fingerprint density at radius 1 is 1.07 bits per heavy atom. The van der Waals surface area contributed by atoms with Gasteiger partial charge in [-0.3, -0.25) is 0 Å². The third kappa shape index (κ3) is 3.60. The predicted octanol–water partition coefficient (Wildman–Crippen LogP) is 5.49. The second kappa shape index (κ2) is 8.34. The molecule has 2 aromatic rings. The van der Waals surface area contributed by atoms with E-state index >= 15 is 0 Å². The molecule has 1 heterocycles. The third-order valence-electron chi connectivity index (χ3n) is 5.87. The van der Waals surface area contributed by atoms with Crippen molar-refractivity contribution >= 4 is 5.69 Å². The second-order valence-corrected chi connectivity index (χ2v) is 7.93. The molecule has 0 fully saturated rings. The summed E-state index contributed by atoms with van der Waals surface area (Å²) in [6.07, 6.45) is 5.60. The largest absolute Gasteiger partial charge is 0.493 e. The van der Waals surface area contributed by atoms with Crippen LogP contribution >= 0.6 is 0 Å². The smallest absolute Gasteiger partial charge is 0.203 e. The molecule has 5 nitrogen and oxygen atoms in total. The van der Waals surface area contributed by atoms with Crippen molar-refractivity contribution in [3.63, 3.8) is 0 Å². The van der Waals surface area contributed by atoms with Gasteiger partial charge < -0.3 is 24.3 Å². The Bertz CT molecular complexity index is 956. The highest BCUT2D eigenvalue weighted by Gasteiger charge is 2.38. The molecular weight excluding hydrogens is 378 g/mol. The molecule has 0 radical (unpaired) electrons. The maximum atomic E-state index is 5.88. The van der Waals surface area contributed by atoms with E-state index in [0.29, 0.717) is 35.7 Å². The van der Waals surface area contributed by atoms with Crippen molar-refractivity contribution in [2.45, 2.75) is 25.3 Å². The van der Waals surface area contributed by atoms with Crippen LogP contribution in [0.2, 0.25) is 0 Å². The summed E-state index contributed by atoms with van der Waals surface area (Å²) in [5, 5.41) is 3.75. The lowest BCUT2D eigenvalue weighted by Crippen LogP contribution is -2.29. The summed E-state index contributed by atoms with van der Waals surface area (Å²) in [6.45, 7) is 6.42. The molecule has 0 aromatic heterocycles. The average molecular weight is 408 g/mol. The fraction of sp³-hybridized carbons (Fsp3) is 0.360. The SMILES string of the molecule is C=C(C)COc1ccc2c(c1)C1C=CCC1C(c1cc(OC)c(OC)c(OC)c1)N2. The van der Waals surface area contributed by atoms with Gasteiger partial charge in [0.25, 0.3) is 0 Å². The van der Waals surface area contributed by atoms with E-state index in [1.54, 1.807) is 21.3 Å². The van der Waals surface area contributed by atoms with Crippen molar-refractivity contribution in [2.75, 3.05) is 33.3 Å². The molecule has 1 aliphatic heterocycles. The second-order valence-electron chi connectivity index (χ2n) is 7.93. The molecule has 0 bridgehead atoms. The number of ether oxygens (including phenoxy) is 4. The quantitative estimate of drug-likeness (QED) is 0.615. The molecule has 1 aliphatic carbocycles. The molecule has 1 N–H and O–H groups in total. The van der Waals surface area contributed by atoms with Gasteiger partial charge in [-0.15, -0.1) is 0 Å². The molecule has 158 valence electrons. The monoisotopic (exact) mass is 407 g/mol. The molecule has 3 atom stereocenters. The highest BCUT2D eigenvalue weighted by atomic mass is 16.5. The molecule has 30 heavy (non-hydrogen) atoms. The van der Waals surface area contributed by atoms with Crippen molar-refractivity contribution in [1.82, 2.24) is 0 Å². The number of allylic oxidation sites excluding steroid dienone is 2. The summed E-state index contributed by atoms with van der Waals surface area (Å²) >= 11 is 0. The zero-order chi connectivity index (χ0) is 21.3. The summed E-state index contributed by atoms with van der Waals surface area (Å²) in [6, 6.07) is 10.5. The normalized spacial score (nSPS) is 21.3. The molecule has 0 saturated heterocycles. The summed E-state index contributed by atoms with van der Waals surface area (Å²) in [5.74, 6) is 3.57. The van der Waals surface area contributed by atoms with Crippen LogP contribution in [0.4, 0.5) is 5.69 Å². The zero-order valence-corrected chi connectivity index (χ0v) is 18.0. The van der Waals surface area contributed by atoms with Gasteiger partial charge >= 0.3 is 0 Å². The Balaban J connectivity index is 1.71. The van der Waals surface area contributed by atoms with Gasteiger partial charge in [0.05, 0.1) is 27.4 Å². The predicted molar refractivity (Wildman–Crippen MR) is 119 cm³/mol. The van der Waals surface area contributed by atoms with Crippen molar-refractivity contribution in [3.05, 3.63) is 65.8 Å². The van der Waals surface area contributed by atoms with Crippen molar-refractivity contribution < 1.29 is 18.9 Å². The van der Waals surface area contributed by atoms with E-state index in [-0.39, 0.29) is 6.04 Å². The molecule has 2 aliphatic rings. The van der Waals surface area contributed by atoms with Crippen molar-refractivity contribution in [1.29, 1.82) is 0 Å². The minimum atomic E-state index is 0.133. The van der Waals surface area contributed by atoms with Crippen LogP contribution in [0.5, 0.6) is 23.0 Å². The molecular formula is C25H29NO4. The van der Waals surface area contributed by atoms with Crippen molar-refractivity contribution in [3.8, 4) is 23.0 Å². The lowest BCUT2D eigenvalue weighted by molar-refractivity contribution is 0.322. The number of benzene rings is 2. The fourth-order valence-electron chi connectivity index (χ4n) is 4.48. The summed E-state index contributed by atoms with van der Waals surface area (Å²) in [4.78, 5) is 0. The van der Waals surface area contributed by atoms with E-state index in [2.05, 4.69) is 36.2 Å². The van der Waals surface area contributed by atoms with Gasteiger partial charge in [0, 0.05) is 11.6 Å². The van der Waals surface area contributed by atoms with E-state index in [1.807, 2.05) is 25.1 Å². The summed E-state index contributed by atoms with van der Waals surface area (Å²) in [7, 11) is 4.92. The summed E-state index contributed by atoms with van der Waals surface area (Å²) < 4.78 is 22.5. The van der Waals surface area contributed by atoms with Crippen LogP contribution in [0.3, 0.4) is 0 Å². The first-order valence-corrected chi connectivity index (χ1v) is 10.2. The Morgan fingerprint density at radius 2 is 1.80 bits per heavy atom. The highest BCUT2D eigenvalue weighted by Crippen LogP contribution is 2.52. The van der Waals surface area contributed by atoms with Gasteiger partial charge in [0.1, 0.15) is 12.4 Å². The van der Waals surface area contributed by atoms with E-state index in [4.69, 9.17) is 18.9 Å². The fourth-order valence-corrected chi connectivity index (χ4v) is 4.48. The maximum absolute atomic E-state index is 5.88. The molecule has 3 unspecified atom stereocenters. The Hall–Kier alpha value is -3.08. The van der Waals surface area contributed by atoms with Gasteiger partial charge in [-0.1, -0.05) is 18.7 Å². The number of rotatable bonds is 7. The van der Waals surface area contributed by atoms with Crippen LogP contribution in [0.25, 0.3) is 0 Å². The minimum absolute atomic E-state index is 0.133. The van der Waals surface area contributed by atoms with Gasteiger partial charge in [-0.25, -0.2) is 0 Å². The number of hydrogen-bond acceptors (Lipinski definition) is 5. The minimum Gasteiger partial charge on any atom is -0.493 e. The Kier molecular flexibility index (Phi) is 5.62. The van der Waals surface area contributed by atoms with Crippen LogP contribution in [0.15, 0.2) is 54.6 Å². The highest BCUT2D eigenvalue weighted by molar-refractivity contribution is 5.63. The maximum Gasteiger partial charge on any atom is 0.203 e. The number of fused-ring (bicyclic) bond motifs is 3. The first-order chi connectivity index (χ1) is 14.5. The van der Waals surface area contributed by atoms with Crippen molar-refractivity contribution in [2.24, 2.45) is 5.92 Å². The Labute approximate surface area is 178 Å². The number of nitrogens with one attached hydrogen (secondary N) is 1. The first-order valence-electron chi connectivity index (χ1n) is 10.2. The average Bonchev–Trinajstić information content (AvgIpc) is 3.26. The lowest BCUT2D eigenvalue weighted by Gasteiger charge is -2.38. The topological polar surface area (TPSA) is 49.0 Å². The number of anilines is 1. The number of methoxy groups -OCH3 is 3. The summed E-state index contributed by atoms with van der Waals surface area (Å²) in [5.41, 5.74) is 4.53. The van der Waals surface area contributed by atoms with E-state index < -0.39 is 0 Å². The Morgan fingerprint density at radius 3 is 2.43 bits per heavy atom. The van der Waals surface area contributed by atoms with Gasteiger partial charge in [-0.05, 0) is 66.3 Å². The van der Waals surface area contributed by atoms with E-state index in [1.165, 1.54) is 5.56 Å². The van der Waals surface area contributed by atoms with Crippen LogP contribution in [0, 0.1) is 5.92 Å².